The molecule has 0 heteroatoms. The molecule has 0 aliphatic rings. The first kappa shape index (κ1) is 9.79. The van der Waals surface area contributed by atoms with E-state index in [0.29, 0.717) is 0 Å². The van der Waals surface area contributed by atoms with Gasteiger partial charge in [0.15, 0.2) is 0 Å². The molecule has 1 aromatic carbocycles. The topological polar surface area (TPSA) is 0 Å². The molecular weight excluding hydrogens is 156 g/mol. The van der Waals surface area contributed by atoms with Crippen LogP contribution in [0.25, 0.3) is 6.08 Å². The van der Waals surface area contributed by atoms with Gasteiger partial charge in [-0.15, -0.1) is 0 Å². The summed E-state index contributed by atoms with van der Waals surface area (Å²) in [7, 11) is 0. The number of rotatable bonds is 4. The zero-order chi connectivity index (χ0) is 9.36. The van der Waals surface area contributed by atoms with Gasteiger partial charge in [0, 0.05) is 0 Å². The van der Waals surface area contributed by atoms with E-state index in [2.05, 4.69) is 55.5 Å². The van der Waals surface area contributed by atoms with Crippen LogP contribution in [0.3, 0.4) is 0 Å². The molecule has 0 spiro atoms. The average molecular weight is 172 g/mol. The van der Waals surface area contributed by atoms with E-state index in [4.69, 9.17) is 0 Å². The third kappa shape index (κ3) is 4.32. The highest BCUT2D eigenvalue weighted by Gasteiger charge is 1.81. The summed E-state index contributed by atoms with van der Waals surface area (Å²) < 4.78 is 0. The molecule has 0 nitrogen and oxygen atoms in total. The smallest absolute Gasteiger partial charge is 0.0260 e. The third-order valence-electron chi connectivity index (χ3n) is 1.85. The molecule has 0 heterocycles. The predicted octanol–water partition coefficient (Wildman–Crippen LogP) is 4.06. The first-order valence-electron chi connectivity index (χ1n) is 4.76. The molecule has 0 fully saturated rings. The number of allylic oxidation sites excluding steroid dienone is 3. The average Bonchev–Trinajstić information content (AvgIpc) is 2.19. The minimum atomic E-state index is 1.12. The van der Waals surface area contributed by atoms with Crippen molar-refractivity contribution in [1.82, 2.24) is 0 Å². The first-order chi connectivity index (χ1) is 6.43. The summed E-state index contributed by atoms with van der Waals surface area (Å²) >= 11 is 0. The fourth-order valence-electron chi connectivity index (χ4n) is 1.14. The van der Waals surface area contributed by atoms with E-state index in [1.54, 1.807) is 0 Å². The van der Waals surface area contributed by atoms with Crippen molar-refractivity contribution in [2.24, 2.45) is 0 Å². The quantitative estimate of drug-likeness (QED) is 0.474. The summed E-state index contributed by atoms with van der Waals surface area (Å²) in [4.78, 5) is 0. The summed E-state index contributed by atoms with van der Waals surface area (Å²) in [6, 6.07) is 10.4. The second-order valence-electron chi connectivity index (χ2n) is 2.96. The first-order valence-corrected chi connectivity index (χ1v) is 4.76. The lowest BCUT2D eigenvalue weighted by Crippen LogP contribution is -1.69. The fourth-order valence-corrected chi connectivity index (χ4v) is 1.14. The van der Waals surface area contributed by atoms with Gasteiger partial charge in [0.2, 0.25) is 0 Å². The van der Waals surface area contributed by atoms with Gasteiger partial charge in [-0.3, -0.25) is 0 Å². The standard InChI is InChI=1S/C13H16/c1-2-3-4-5-7-10-13-11-8-6-9-12-13/h2-3,6-12H,4-5H2,1H3/b3-2+,10-7+. The summed E-state index contributed by atoms with van der Waals surface area (Å²) in [5.74, 6) is 0. The van der Waals surface area contributed by atoms with Crippen LogP contribution in [0, 0.1) is 0 Å². The van der Waals surface area contributed by atoms with Crippen LogP contribution >= 0.6 is 0 Å². The van der Waals surface area contributed by atoms with Crippen molar-refractivity contribution in [1.29, 1.82) is 0 Å². The van der Waals surface area contributed by atoms with Gasteiger partial charge in [0.1, 0.15) is 0 Å². The normalized spacial score (nSPS) is 11.5. The monoisotopic (exact) mass is 172 g/mol. The maximum absolute atomic E-state index is 2.22. The van der Waals surface area contributed by atoms with Crippen molar-refractivity contribution in [2.75, 3.05) is 0 Å². The lowest BCUT2D eigenvalue weighted by Gasteiger charge is -1.90. The Morgan fingerprint density at radius 3 is 2.38 bits per heavy atom. The molecule has 0 aliphatic heterocycles. The van der Waals surface area contributed by atoms with Crippen molar-refractivity contribution < 1.29 is 0 Å². The molecule has 0 amide bonds. The maximum atomic E-state index is 2.22. The highest BCUT2D eigenvalue weighted by Crippen LogP contribution is 2.02. The second kappa shape index (κ2) is 6.24. The molecular formula is C13H16. The zero-order valence-corrected chi connectivity index (χ0v) is 8.11. The summed E-state index contributed by atoms with van der Waals surface area (Å²) in [6.07, 6.45) is 10.9. The van der Waals surface area contributed by atoms with Crippen molar-refractivity contribution in [2.45, 2.75) is 19.8 Å². The molecule has 0 saturated heterocycles. The minimum Gasteiger partial charge on any atom is -0.0917 e. The number of hydrogen-bond donors (Lipinski definition) is 0. The Balaban J connectivity index is 2.32. The van der Waals surface area contributed by atoms with E-state index in [1.807, 2.05) is 6.07 Å². The van der Waals surface area contributed by atoms with E-state index in [9.17, 15) is 0 Å². The number of unbranched alkanes of at least 4 members (excludes halogenated alkanes) is 1. The van der Waals surface area contributed by atoms with Crippen molar-refractivity contribution in [3.05, 3.63) is 54.1 Å². The Kier molecular flexibility index (Phi) is 4.70. The van der Waals surface area contributed by atoms with E-state index in [0.717, 1.165) is 12.8 Å². The van der Waals surface area contributed by atoms with Crippen LogP contribution in [0.2, 0.25) is 0 Å². The van der Waals surface area contributed by atoms with Gasteiger partial charge in [-0.05, 0) is 25.3 Å². The molecule has 68 valence electrons. The van der Waals surface area contributed by atoms with Crippen LogP contribution in [-0.2, 0) is 0 Å². The third-order valence-corrected chi connectivity index (χ3v) is 1.85. The van der Waals surface area contributed by atoms with Crippen LogP contribution in [0.5, 0.6) is 0 Å². The molecule has 0 aliphatic carbocycles. The van der Waals surface area contributed by atoms with Gasteiger partial charge >= 0.3 is 0 Å². The van der Waals surface area contributed by atoms with Gasteiger partial charge in [-0.25, -0.2) is 0 Å². The Hall–Kier alpha value is -1.30. The Morgan fingerprint density at radius 1 is 1.00 bits per heavy atom. The minimum absolute atomic E-state index is 1.12. The Labute approximate surface area is 80.6 Å². The Morgan fingerprint density at radius 2 is 1.69 bits per heavy atom. The van der Waals surface area contributed by atoms with E-state index >= 15 is 0 Å². The lowest BCUT2D eigenvalue weighted by atomic mass is 10.2. The van der Waals surface area contributed by atoms with Crippen molar-refractivity contribution >= 4 is 6.08 Å². The molecule has 0 N–H and O–H groups in total. The summed E-state index contributed by atoms with van der Waals surface area (Å²) in [6.45, 7) is 2.06. The van der Waals surface area contributed by atoms with E-state index in [1.165, 1.54) is 5.56 Å². The molecule has 13 heavy (non-hydrogen) atoms. The summed E-state index contributed by atoms with van der Waals surface area (Å²) in [5, 5.41) is 0. The number of hydrogen-bond acceptors (Lipinski definition) is 0. The Bertz CT molecular complexity index is 267. The number of benzene rings is 1. The van der Waals surface area contributed by atoms with Crippen LogP contribution < -0.4 is 0 Å². The van der Waals surface area contributed by atoms with E-state index < -0.39 is 0 Å². The second-order valence-corrected chi connectivity index (χ2v) is 2.96. The molecule has 0 radical (unpaired) electrons. The molecule has 0 bridgehead atoms. The SMILES string of the molecule is C/C=C/CC/C=C/c1ccccc1. The van der Waals surface area contributed by atoms with Crippen molar-refractivity contribution in [3.63, 3.8) is 0 Å². The maximum Gasteiger partial charge on any atom is -0.0260 e. The highest BCUT2D eigenvalue weighted by molar-refractivity contribution is 5.48. The largest absolute Gasteiger partial charge is 0.0917 e. The lowest BCUT2D eigenvalue weighted by molar-refractivity contribution is 1.05. The molecule has 0 aromatic heterocycles. The van der Waals surface area contributed by atoms with Gasteiger partial charge in [-0.2, -0.15) is 0 Å². The molecule has 0 atom stereocenters. The molecule has 0 unspecified atom stereocenters. The van der Waals surface area contributed by atoms with Gasteiger partial charge < -0.3 is 0 Å². The molecule has 1 rings (SSSR count). The van der Waals surface area contributed by atoms with Gasteiger partial charge in [0.05, 0.1) is 0 Å². The van der Waals surface area contributed by atoms with Crippen LogP contribution in [0.1, 0.15) is 25.3 Å². The van der Waals surface area contributed by atoms with E-state index in [-0.39, 0.29) is 0 Å². The summed E-state index contributed by atoms with van der Waals surface area (Å²) in [5.41, 5.74) is 1.28. The van der Waals surface area contributed by atoms with Crippen molar-refractivity contribution in [3.8, 4) is 0 Å². The van der Waals surface area contributed by atoms with Crippen LogP contribution in [-0.4, -0.2) is 0 Å². The fraction of sp³-hybridized carbons (Fsp3) is 0.231. The predicted molar refractivity (Wildman–Crippen MR) is 59.5 cm³/mol. The van der Waals surface area contributed by atoms with Gasteiger partial charge in [-0.1, -0.05) is 54.6 Å². The highest BCUT2D eigenvalue weighted by atomic mass is 13.9. The van der Waals surface area contributed by atoms with Crippen LogP contribution in [0.4, 0.5) is 0 Å². The molecule has 0 saturated carbocycles. The zero-order valence-electron chi connectivity index (χ0n) is 8.11. The van der Waals surface area contributed by atoms with Gasteiger partial charge in [0.25, 0.3) is 0 Å². The molecule has 1 aromatic rings. The van der Waals surface area contributed by atoms with Crippen LogP contribution in [0.15, 0.2) is 48.6 Å².